The van der Waals surface area contributed by atoms with Gasteiger partial charge in [0.25, 0.3) is 0 Å². The molecule has 3 rings (SSSR count). The van der Waals surface area contributed by atoms with Crippen molar-refractivity contribution in [3.8, 4) is 0 Å². The molecule has 2 heterocycles. The Morgan fingerprint density at radius 3 is 1.21 bits per heavy atom. The molecule has 3 aliphatic rings. The SMILES string of the molecule is CC1(C)C=[N+]([C@H]2CCCC[C@@H]2[N+]2=CC(C)(C)CC2(C)C)C(C)(C)C1. The topological polar surface area (TPSA) is 6.02 Å². The molecule has 0 radical (unpaired) electrons. The van der Waals surface area contributed by atoms with E-state index in [9.17, 15) is 0 Å². The quantitative estimate of drug-likeness (QED) is 0.636. The summed E-state index contributed by atoms with van der Waals surface area (Å²) < 4.78 is 5.54. The monoisotopic (exact) mass is 332 g/mol. The van der Waals surface area contributed by atoms with Crippen LogP contribution in [0.3, 0.4) is 0 Å². The van der Waals surface area contributed by atoms with Crippen molar-refractivity contribution in [2.45, 2.75) is 117 Å². The average molecular weight is 333 g/mol. The molecule has 136 valence electrons. The van der Waals surface area contributed by atoms with E-state index in [4.69, 9.17) is 0 Å². The van der Waals surface area contributed by atoms with Crippen LogP contribution in [0.15, 0.2) is 0 Å². The number of rotatable bonds is 2. The van der Waals surface area contributed by atoms with Gasteiger partial charge < -0.3 is 0 Å². The fourth-order valence-corrected chi connectivity index (χ4v) is 6.44. The fraction of sp³-hybridized carbons (Fsp3) is 0.909. The van der Waals surface area contributed by atoms with Crippen molar-refractivity contribution in [3.05, 3.63) is 0 Å². The van der Waals surface area contributed by atoms with Gasteiger partial charge in [-0.2, -0.15) is 0 Å². The molecule has 0 unspecified atom stereocenters. The summed E-state index contributed by atoms with van der Waals surface area (Å²) in [6.45, 7) is 19.4. The van der Waals surface area contributed by atoms with Crippen LogP contribution in [-0.2, 0) is 0 Å². The molecule has 0 aromatic carbocycles. The van der Waals surface area contributed by atoms with Gasteiger partial charge in [0.05, 0.1) is 0 Å². The Hall–Kier alpha value is -0.660. The van der Waals surface area contributed by atoms with Crippen LogP contribution in [0.1, 0.15) is 93.9 Å². The van der Waals surface area contributed by atoms with Gasteiger partial charge in [-0.3, -0.25) is 0 Å². The maximum Gasteiger partial charge on any atom is 0.213 e. The van der Waals surface area contributed by atoms with Crippen LogP contribution in [0.5, 0.6) is 0 Å². The molecular formula is C22H40N2+2. The summed E-state index contributed by atoms with van der Waals surface area (Å²) in [6.07, 6.45) is 13.2. The Balaban J connectivity index is 1.99. The highest BCUT2D eigenvalue weighted by Crippen LogP contribution is 2.42. The van der Waals surface area contributed by atoms with E-state index < -0.39 is 0 Å². The third kappa shape index (κ3) is 3.22. The molecule has 0 bridgehead atoms. The van der Waals surface area contributed by atoms with Crippen molar-refractivity contribution in [2.75, 3.05) is 0 Å². The smallest absolute Gasteiger partial charge is 0.213 e. The second-order valence-electron chi connectivity index (χ2n) is 11.4. The lowest BCUT2D eigenvalue weighted by molar-refractivity contribution is -0.707. The number of nitrogens with zero attached hydrogens (tertiary/aromatic N) is 2. The lowest BCUT2D eigenvalue weighted by atomic mass is 9.82. The standard InChI is InChI=1S/C22H40N2/c1-19(2)13-21(5,6)23(15-19)17-11-9-10-12-18(17)24-16-20(3,4)14-22(24,7)8/h15-18H,9-14H2,1-8H3/q+2/t17-,18-/m0/s1. The third-order valence-corrected chi connectivity index (χ3v) is 6.56. The molecule has 1 fully saturated rings. The summed E-state index contributed by atoms with van der Waals surface area (Å²) in [5.41, 5.74) is 1.22. The minimum atomic E-state index is 0.281. The highest BCUT2D eigenvalue weighted by atomic mass is 15.2. The van der Waals surface area contributed by atoms with E-state index in [1.165, 1.54) is 38.5 Å². The van der Waals surface area contributed by atoms with Gasteiger partial charge >= 0.3 is 0 Å². The van der Waals surface area contributed by atoms with E-state index in [0.29, 0.717) is 22.9 Å². The Bertz CT molecular complexity index is 523. The van der Waals surface area contributed by atoms with Crippen molar-refractivity contribution in [2.24, 2.45) is 10.8 Å². The first kappa shape index (κ1) is 18.1. The summed E-state index contributed by atoms with van der Waals surface area (Å²) in [5, 5.41) is 0. The largest absolute Gasteiger partial charge is 0.225 e. The summed E-state index contributed by atoms with van der Waals surface area (Å²) in [5.74, 6) is 0. The molecule has 0 amide bonds. The molecule has 0 spiro atoms. The Morgan fingerprint density at radius 2 is 0.958 bits per heavy atom. The molecule has 2 nitrogen and oxygen atoms in total. The molecule has 24 heavy (non-hydrogen) atoms. The first-order valence-corrected chi connectivity index (χ1v) is 10.1. The molecule has 2 atom stereocenters. The predicted octanol–water partition coefficient (Wildman–Crippen LogP) is 4.88. The van der Waals surface area contributed by atoms with Crippen LogP contribution in [0.25, 0.3) is 0 Å². The van der Waals surface area contributed by atoms with E-state index in [0.717, 1.165) is 0 Å². The molecule has 1 saturated carbocycles. The summed E-state index contributed by atoms with van der Waals surface area (Å²) in [4.78, 5) is 0. The maximum atomic E-state index is 2.77. The second-order valence-corrected chi connectivity index (χ2v) is 11.4. The predicted molar refractivity (Wildman–Crippen MR) is 104 cm³/mol. The third-order valence-electron chi connectivity index (χ3n) is 6.56. The summed E-state index contributed by atoms with van der Waals surface area (Å²) in [6, 6.07) is 1.33. The van der Waals surface area contributed by atoms with Gasteiger partial charge in [-0.15, -0.1) is 0 Å². The summed E-state index contributed by atoms with van der Waals surface area (Å²) in [7, 11) is 0. The van der Waals surface area contributed by atoms with Gasteiger partial charge in [0.1, 0.15) is 12.4 Å². The zero-order chi connectivity index (χ0) is 18.0. The van der Waals surface area contributed by atoms with Crippen molar-refractivity contribution in [1.29, 1.82) is 0 Å². The van der Waals surface area contributed by atoms with E-state index in [1.807, 2.05) is 0 Å². The van der Waals surface area contributed by atoms with Crippen LogP contribution >= 0.6 is 0 Å². The number of hydrogen-bond donors (Lipinski definition) is 0. The average Bonchev–Trinajstić information content (AvgIpc) is 2.76. The van der Waals surface area contributed by atoms with E-state index in [1.54, 1.807) is 0 Å². The lowest BCUT2D eigenvalue weighted by Crippen LogP contribution is -2.54. The molecule has 1 aliphatic carbocycles. The van der Waals surface area contributed by atoms with Crippen LogP contribution in [-0.4, -0.2) is 44.7 Å². The molecule has 2 heteroatoms. The Labute approximate surface area is 150 Å². The van der Waals surface area contributed by atoms with Crippen molar-refractivity contribution in [3.63, 3.8) is 0 Å². The van der Waals surface area contributed by atoms with Crippen LogP contribution in [0, 0.1) is 10.8 Å². The van der Waals surface area contributed by atoms with Gasteiger partial charge in [-0.25, -0.2) is 9.15 Å². The van der Waals surface area contributed by atoms with Crippen molar-refractivity contribution >= 4 is 12.4 Å². The first-order chi connectivity index (χ1) is 10.8. The first-order valence-electron chi connectivity index (χ1n) is 10.1. The van der Waals surface area contributed by atoms with Gasteiger partial charge in [0, 0.05) is 36.5 Å². The lowest BCUT2D eigenvalue weighted by Gasteiger charge is -2.34. The van der Waals surface area contributed by atoms with Crippen LogP contribution < -0.4 is 0 Å². The molecule has 0 aromatic heterocycles. The van der Waals surface area contributed by atoms with Gasteiger partial charge in [0.15, 0.2) is 11.1 Å². The van der Waals surface area contributed by atoms with E-state index in [2.05, 4.69) is 77.0 Å². The zero-order valence-electron chi connectivity index (χ0n) is 17.4. The zero-order valence-corrected chi connectivity index (χ0v) is 17.4. The van der Waals surface area contributed by atoms with E-state index >= 15 is 0 Å². The highest BCUT2D eigenvalue weighted by Gasteiger charge is 2.56. The summed E-state index contributed by atoms with van der Waals surface area (Å²) >= 11 is 0. The Morgan fingerprint density at radius 1 is 0.625 bits per heavy atom. The van der Waals surface area contributed by atoms with E-state index in [-0.39, 0.29) is 11.1 Å². The minimum absolute atomic E-state index is 0.281. The van der Waals surface area contributed by atoms with Gasteiger partial charge in [-0.1, -0.05) is 27.7 Å². The van der Waals surface area contributed by atoms with Crippen LogP contribution in [0.4, 0.5) is 0 Å². The molecule has 2 aliphatic heterocycles. The molecule has 0 N–H and O–H groups in total. The van der Waals surface area contributed by atoms with Gasteiger partial charge in [0.2, 0.25) is 12.1 Å². The molecule has 0 saturated heterocycles. The minimum Gasteiger partial charge on any atom is -0.225 e. The molecule has 0 aromatic rings. The normalized spacial score (nSPS) is 36.3. The van der Waals surface area contributed by atoms with Gasteiger partial charge in [-0.05, 0) is 40.5 Å². The second kappa shape index (κ2) is 5.42. The molecular weight excluding hydrogens is 292 g/mol. The highest BCUT2D eigenvalue weighted by molar-refractivity contribution is 5.62. The van der Waals surface area contributed by atoms with Crippen molar-refractivity contribution < 1.29 is 9.15 Å². The van der Waals surface area contributed by atoms with Crippen molar-refractivity contribution in [1.82, 2.24) is 0 Å². The Kier molecular flexibility index (Phi) is 4.09. The van der Waals surface area contributed by atoms with Crippen LogP contribution in [0.2, 0.25) is 0 Å². The maximum absolute atomic E-state index is 2.77. The number of hydrogen-bond acceptors (Lipinski definition) is 0. The fourth-order valence-electron chi connectivity index (χ4n) is 6.44.